The lowest BCUT2D eigenvalue weighted by molar-refractivity contribution is -0.183. The Morgan fingerprint density at radius 1 is 1.42 bits per heavy atom. The monoisotopic (exact) mass is 175 g/mol. The number of hydrogen-bond donors (Lipinski definition) is 0. The number of rotatable bonds is 4. The summed E-state index contributed by atoms with van der Waals surface area (Å²) in [5.41, 5.74) is 0. The van der Waals surface area contributed by atoms with Crippen LogP contribution in [0.25, 0.3) is 0 Å². The van der Waals surface area contributed by atoms with Crippen molar-refractivity contribution in [3.05, 3.63) is 0 Å². The van der Waals surface area contributed by atoms with Crippen molar-refractivity contribution in [2.75, 3.05) is 20.8 Å². The zero-order chi connectivity index (χ0) is 9.56. The van der Waals surface area contributed by atoms with Crippen molar-refractivity contribution in [3.63, 3.8) is 0 Å². The molecule has 0 rings (SSSR count). The molecule has 0 aliphatic carbocycles. The van der Waals surface area contributed by atoms with Gasteiger partial charge in [0.2, 0.25) is 6.29 Å². The van der Waals surface area contributed by atoms with Crippen molar-refractivity contribution in [2.45, 2.75) is 0 Å². The molecule has 0 saturated heterocycles. The molecule has 0 fully saturated rings. The highest BCUT2D eigenvalue weighted by molar-refractivity contribution is 6.23. The van der Waals surface area contributed by atoms with Gasteiger partial charge in [0.05, 0.1) is 14.2 Å². The third kappa shape index (κ3) is 3.11. The van der Waals surface area contributed by atoms with Crippen LogP contribution in [0.5, 0.6) is 0 Å². The molecule has 0 aliphatic heterocycles. The van der Waals surface area contributed by atoms with Gasteiger partial charge in [-0.2, -0.15) is 0 Å². The molecule has 6 heteroatoms. The molecular formula is C6H9NO5. The Morgan fingerprint density at radius 2 is 2.00 bits per heavy atom. The largest absolute Gasteiger partial charge is 0.468 e. The maximum atomic E-state index is 10.6. The molecule has 0 N–H and O–H groups in total. The Balaban J connectivity index is 4.07. The average molecular weight is 175 g/mol. The van der Waals surface area contributed by atoms with E-state index >= 15 is 0 Å². The molecule has 1 amide bonds. The van der Waals surface area contributed by atoms with Crippen LogP contribution >= 0.6 is 0 Å². The maximum absolute atomic E-state index is 10.6. The Hall–Kier alpha value is -1.43. The van der Waals surface area contributed by atoms with Gasteiger partial charge < -0.3 is 4.74 Å². The standard InChI is InChI=1S/C6H9NO5/c1-11-6(10)3-7(12-2)5(9)4-8/h4H,3H2,1-2H3. The highest BCUT2D eigenvalue weighted by Crippen LogP contribution is 1.88. The minimum absolute atomic E-state index is 0.0481. The Kier molecular flexibility index (Phi) is 4.62. The smallest absolute Gasteiger partial charge is 0.328 e. The SMILES string of the molecule is COC(=O)CN(OC)C(=O)C=O. The van der Waals surface area contributed by atoms with Crippen molar-refractivity contribution < 1.29 is 24.0 Å². The van der Waals surface area contributed by atoms with Gasteiger partial charge in [0.1, 0.15) is 6.54 Å². The van der Waals surface area contributed by atoms with Crippen LogP contribution in [0.3, 0.4) is 0 Å². The molecule has 0 aromatic carbocycles. The molecule has 0 unspecified atom stereocenters. The van der Waals surface area contributed by atoms with Crippen molar-refractivity contribution in [3.8, 4) is 0 Å². The fourth-order valence-electron chi connectivity index (χ4n) is 0.473. The minimum atomic E-state index is -0.928. The van der Waals surface area contributed by atoms with Crippen LogP contribution in [0.4, 0.5) is 0 Å². The first-order valence-corrected chi connectivity index (χ1v) is 3.03. The number of carbonyl (C=O) groups is 3. The fourth-order valence-corrected chi connectivity index (χ4v) is 0.473. The van der Waals surface area contributed by atoms with E-state index < -0.39 is 18.4 Å². The molecule has 68 valence electrons. The summed E-state index contributed by atoms with van der Waals surface area (Å²) >= 11 is 0. The summed E-state index contributed by atoms with van der Waals surface area (Å²) < 4.78 is 4.25. The number of aldehydes is 1. The summed E-state index contributed by atoms with van der Waals surface area (Å²) in [5.74, 6) is -1.59. The third-order valence-corrected chi connectivity index (χ3v) is 1.07. The second-order valence-electron chi connectivity index (χ2n) is 1.75. The predicted octanol–water partition coefficient (Wildman–Crippen LogP) is -1.25. The van der Waals surface area contributed by atoms with E-state index in [1.807, 2.05) is 0 Å². The van der Waals surface area contributed by atoms with Gasteiger partial charge in [-0.1, -0.05) is 0 Å². The van der Waals surface area contributed by atoms with Crippen LogP contribution in [-0.4, -0.2) is 44.0 Å². The highest BCUT2D eigenvalue weighted by atomic mass is 16.7. The summed E-state index contributed by atoms with van der Waals surface area (Å²) in [4.78, 5) is 35.6. The van der Waals surface area contributed by atoms with Crippen molar-refractivity contribution in [2.24, 2.45) is 0 Å². The molecule has 0 aromatic rings. The third-order valence-electron chi connectivity index (χ3n) is 1.07. The molecule has 0 radical (unpaired) electrons. The summed E-state index contributed by atoms with van der Waals surface area (Å²) in [7, 11) is 2.34. The van der Waals surface area contributed by atoms with Crippen LogP contribution in [0.1, 0.15) is 0 Å². The zero-order valence-corrected chi connectivity index (χ0v) is 6.77. The Morgan fingerprint density at radius 3 is 2.33 bits per heavy atom. The topological polar surface area (TPSA) is 72.9 Å². The lowest BCUT2D eigenvalue weighted by Crippen LogP contribution is -2.35. The number of nitrogens with zero attached hydrogens (tertiary/aromatic N) is 1. The molecular weight excluding hydrogens is 166 g/mol. The molecule has 0 heterocycles. The fraction of sp³-hybridized carbons (Fsp3) is 0.500. The van der Waals surface area contributed by atoms with Crippen molar-refractivity contribution in [1.29, 1.82) is 0 Å². The molecule has 0 atom stereocenters. The van der Waals surface area contributed by atoms with E-state index in [0.717, 1.165) is 0 Å². The second kappa shape index (κ2) is 5.25. The number of hydrogen-bond acceptors (Lipinski definition) is 5. The lowest BCUT2D eigenvalue weighted by Gasteiger charge is -2.14. The minimum Gasteiger partial charge on any atom is -0.468 e. The van der Waals surface area contributed by atoms with E-state index in [9.17, 15) is 14.4 Å². The van der Waals surface area contributed by atoms with Crippen LogP contribution in [0, 0.1) is 0 Å². The van der Waals surface area contributed by atoms with Gasteiger partial charge in [0.25, 0.3) is 0 Å². The zero-order valence-electron chi connectivity index (χ0n) is 6.77. The predicted molar refractivity (Wildman–Crippen MR) is 36.8 cm³/mol. The molecule has 0 spiro atoms. The quantitative estimate of drug-likeness (QED) is 0.231. The van der Waals surface area contributed by atoms with E-state index in [2.05, 4.69) is 9.57 Å². The van der Waals surface area contributed by atoms with E-state index in [4.69, 9.17) is 0 Å². The van der Waals surface area contributed by atoms with E-state index in [1.165, 1.54) is 14.2 Å². The van der Waals surface area contributed by atoms with Gasteiger partial charge in [-0.25, -0.2) is 5.06 Å². The summed E-state index contributed by atoms with van der Waals surface area (Å²) in [6.07, 6.45) is 0.0481. The second-order valence-corrected chi connectivity index (χ2v) is 1.75. The molecule has 0 saturated carbocycles. The van der Waals surface area contributed by atoms with Gasteiger partial charge in [0.15, 0.2) is 0 Å². The van der Waals surface area contributed by atoms with Crippen LogP contribution in [0.15, 0.2) is 0 Å². The van der Waals surface area contributed by atoms with Gasteiger partial charge in [-0.05, 0) is 0 Å². The van der Waals surface area contributed by atoms with E-state index in [0.29, 0.717) is 5.06 Å². The van der Waals surface area contributed by atoms with Gasteiger partial charge in [0, 0.05) is 0 Å². The Labute approximate surface area is 69.0 Å². The number of ether oxygens (including phenoxy) is 1. The average Bonchev–Trinajstić information content (AvgIpc) is 2.12. The van der Waals surface area contributed by atoms with Crippen molar-refractivity contribution >= 4 is 18.2 Å². The van der Waals surface area contributed by atoms with Crippen LogP contribution in [-0.2, 0) is 24.0 Å². The van der Waals surface area contributed by atoms with E-state index in [-0.39, 0.29) is 6.29 Å². The normalized spacial score (nSPS) is 8.83. The first-order valence-electron chi connectivity index (χ1n) is 3.03. The molecule has 12 heavy (non-hydrogen) atoms. The number of esters is 1. The lowest BCUT2D eigenvalue weighted by atomic mass is 10.6. The molecule has 0 aromatic heterocycles. The summed E-state index contributed by atoms with van der Waals surface area (Å²) in [6.45, 7) is -0.398. The highest BCUT2D eigenvalue weighted by Gasteiger charge is 2.15. The maximum Gasteiger partial charge on any atom is 0.328 e. The van der Waals surface area contributed by atoms with E-state index in [1.54, 1.807) is 0 Å². The molecule has 0 bridgehead atoms. The number of hydroxylamine groups is 2. The van der Waals surface area contributed by atoms with Crippen molar-refractivity contribution in [1.82, 2.24) is 5.06 Å². The summed E-state index contributed by atoms with van der Waals surface area (Å²) in [6, 6.07) is 0. The van der Waals surface area contributed by atoms with Gasteiger partial charge in [-0.3, -0.25) is 19.2 Å². The summed E-state index contributed by atoms with van der Waals surface area (Å²) in [5, 5.41) is 0.596. The van der Waals surface area contributed by atoms with Gasteiger partial charge in [-0.15, -0.1) is 0 Å². The number of amides is 1. The van der Waals surface area contributed by atoms with Crippen LogP contribution in [0.2, 0.25) is 0 Å². The Bertz CT molecular complexity index is 190. The first-order chi connectivity index (χ1) is 5.65. The van der Waals surface area contributed by atoms with Gasteiger partial charge >= 0.3 is 11.9 Å². The number of methoxy groups -OCH3 is 1. The number of carbonyl (C=O) groups excluding carboxylic acids is 3. The van der Waals surface area contributed by atoms with Crippen LogP contribution < -0.4 is 0 Å². The molecule has 0 aliphatic rings. The molecule has 6 nitrogen and oxygen atoms in total. The first kappa shape index (κ1) is 10.6.